The second kappa shape index (κ2) is 9.15. The maximum atomic E-state index is 12.0. The Labute approximate surface area is 180 Å². The Hall–Kier alpha value is -2.78. The van der Waals surface area contributed by atoms with Crippen molar-refractivity contribution in [3.8, 4) is 5.75 Å². The summed E-state index contributed by atoms with van der Waals surface area (Å²) in [5, 5.41) is 13.8. The van der Waals surface area contributed by atoms with Crippen LogP contribution in [0.2, 0.25) is 0 Å². The van der Waals surface area contributed by atoms with Gasteiger partial charge in [0.25, 0.3) is 0 Å². The molecule has 2 N–H and O–H groups in total. The number of ketones is 1. The molecular formula is C23H25NO7. The number of hydrogen-bond donors (Lipinski definition) is 2. The second-order valence-electron chi connectivity index (χ2n) is 7.61. The van der Waals surface area contributed by atoms with Crippen LogP contribution >= 0.6 is 0 Å². The Morgan fingerprint density at radius 1 is 1.03 bits per heavy atom. The van der Waals surface area contributed by atoms with Gasteiger partial charge < -0.3 is 29.4 Å². The van der Waals surface area contributed by atoms with Gasteiger partial charge in [0.05, 0.1) is 12.2 Å². The fraction of sp³-hybridized carbons (Fsp3) is 0.391. The number of carbonyl (C=O) groups excluding carboxylic acids is 2. The fourth-order valence-corrected chi connectivity index (χ4v) is 3.85. The van der Waals surface area contributed by atoms with Crippen LogP contribution in [-0.2, 0) is 19.0 Å². The van der Waals surface area contributed by atoms with Gasteiger partial charge in [-0.05, 0) is 19.1 Å². The lowest BCUT2D eigenvalue weighted by molar-refractivity contribution is -0.333. The predicted octanol–water partition coefficient (Wildman–Crippen LogP) is 1.97. The number of nitrogens with one attached hydrogen (secondary N) is 1. The second-order valence-corrected chi connectivity index (χ2v) is 7.61. The van der Waals surface area contributed by atoms with Gasteiger partial charge in [-0.25, -0.2) is 0 Å². The van der Waals surface area contributed by atoms with Crippen molar-refractivity contribution in [2.75, 3.05) is 6.61 Å². The molecule has 0 aliphatic carbocycles. The molecule has 2 aliphatic heterocycles. The topological polar surface area (TPSA) is 103 Å². The molecule has 2 saturated heterocycles. The zero-order valence-corrected chi connectivity index (χ0v) is 17.3. The van der Waals surface area contributed by atoms with Crippen LogP contribution in [0.4, 0.5) is 0 Å². The molecule has 2 fully saturated rings. The summed E-state index contributed by atoms with van der Waals surface area (Å²) in [5.74, 6) is -0.219. The lowest BCUT2D eigenvalue weighted by Crippen LogP contribution is -2.67. The zero-order chi connectivity index (χ0) is 22.0. The molecule has 0 aromatic heterocycles. The number of benzene rings is 2. The summed E-state index contributed by atoms with van der Waals surface area (Å²) in [4.78, 5) is 23.8. The Morgan fingerprint density at radius 2 is 1.74 bits per heavy atom. The van der Waals surface area contributed by atoms with Crippen molar-refractivity contribution in [3.05, 3.63) is 65.7 Å². The van der Waals surface area contributed by atoms with E-state index in [2.05, 4.69) is 5.32 Å². The van der Waals surface area contributed by atoms with Crippen LogP contribution in [0.3, 0.4) is 0 Å². The molecule has 0 radical (unpaired) electrons. The van der Waals surface area contributed by atoms with Crippen LogP contribution < -0.4 is 10.1 Å². The molecule has 0 bridgehead atoms. The largest absolute Gasteiger partial charge is 0.462 e. The molecule has 0 saturated carbocycles. The van der Waals surface area contributed by atoms with Gasteiger partial charge >= 0.3 is 0 Å². The van der Waals surface area contributed by atoms with Gasteiger partial charge in [0.15, 0.2) is 12.1 Å². The van der Waals surface area contributed by atoms with Crippen molar-refractivity contribution in [2.45, 2.75) is 50.8 Å². The van der Waals surface area contributed by atoms with E-state index in [1.807, 2.05) is 30.3 Å². The number of rotatable bonds is 5. The summed E-state index contributed by atoms with van der Waals surface area (Å²) < 4.78 is 23.8. The highest BCUT2D eigenvalue weighted by molar-refractivity contribution is 5.96. The van der Waals surface area contributed by atoms with Gasteiger partial charge in [-0.2, -0.15) is 0 Å². The van der Waals surface area contributed by atoms with Gasteiger partial charge in [0, 0.05) is 12.5 Å². The molecule has 6 unspecified atom stereocenters. The quantitative estimate of drug-likeness (QED) is 0.703. The van der Waals surface area contributed by atoms with E-state index in [0.29, 0.717) is 11.3 Å². The summed E-state index contributed by atoms with van der Waals surface area (Å²) in [7, 11) is 0. The van der Waals surface area contributed by atoms with Crippen LogP contribution in [0.25, 0.3) is 0 Å². The average Bonchev–Trinajstić information content (AvgIpc) is 2.77. The highest BCUT2D eigenvalue weighted by atomic mass is 16.7. The van der Waals surface area contributed by atoms with Crippen molar-refractivity contribution in [2.24, 2.45) is 0 Å². The molecule has 31 heavy (non-hydrogen) atoms. The standard InChI is InChI=1S/C23H25NO7/c1-13(25)16-10-6-7-11-17(16)29-23-19(24-14(2)26)20(27)21-18(30-23)12-28-22(31-21)15-8-4-3-5-9-15/h3-11,18-23,27H,12H2,1-2H3,(H,24,26). The Bertz CT molecular complexity index is 935. The van der Waals surface area contributed by atoms with Crippen molar-refractivity contribution >= 4 is 11.7 Å². The SMILES string of the molecule is CC(=O)NC1C(Oc2ccccc2C(C)=O)OC2COC(c3ccccc3)OC2C1O. The minimum Gasteiger partial charge on any atom is -0.462 e. The van der Waals surface area contributed by atoms with Crippen molar-refractivity contribution in [1.29, 1.82) is 0 Å². The molecule has 1 amide bonds. The van der Waals surface area contributed by atoms with E-state index in [-0.39, 0.29) is 18.3 Å². The molecule has 4 rings (SSSR count). The molecule has 0 spiro atoms. The highest BCUT2D eigenvalue weighted by Crippen LogP contribution is 2.35. The number of Topliss-reactive ketones (excluding diaryl/α,β-unsaturated/α-hetero) is 1. The number of para-hydroxylation sites is 1. The number of fused-ring (bicyclic) bond motifs is 1. The van der Waals surface area contributed by atoms with Crippen LogP contribution in [-0.4, -0.2) is 54.0 Å². The van der Waals surface area contributed by atoms with Gasteiger partial charge in [-0.15, -0.1) is 0 Å². The molecular weight excluding hydrogens is 402 g/mol. The third-order valence-electron chi connectivity index (χ3n) is 5.32. The monoisotopic (exact) mass is 427 g/mol. The molecule has 2 aliphatic rings. The van der Waals surface area contributed by atoms with Crippen molar-refractivity contribution in [3.63, 3.8) is 0 Å². The maximum absolute atomic E-state index is 12.0. The fourth-order valence-electron chi connectivity index (χ4n) is 3.85. The maximum Gasteiger partial charge on any atom is 0.223 e. The van der Waals surface area contributed by atoms with Crippen LogP contribution in [0.5, 0.6) is 5.75 Å². The number of hydrogen-bond acceptors (Lipinski definition) is 7. The summed E-state index contributed by atoms with van der Waals surface area (Å²) in [6, 6.07) is 15.2. The first-order chi connectivity index (χ1) is 14.9. The number of aliphatic hydroxyl groups excluding tert-OH is 1. The van der Waals surface area contributed by atoms with Gasteiger partial charge in [0.1, 0.15) is 30.1 Å². The number of ether oxygens (including phenoxy) is 4. The minimum atomic E-state index is -1.12. The lowest BCUT2D eigenvalue weighted by atomic mass is 9.95. The lowest BCUT2D eigenvalue weighted by Gasteiger charge is -2.47. The molecule has 164 valence electrons. The molecule has 2 aromatic carbocycles. The van der Waals surface area contributed by atoms with Crippen molar-refractivity contribution in [1.82, 2.24) is 5.32 Å². The van der Waals surface area contributed by atoms with E-state index < -0.39 is 36.9 Å². The number of amides is 1. The smallest absolute Gasteiger partial charge is 0.223 e. The van der Waals surface area contributed by atoms with Crippen LogP contribution in [0.15, 0.2) is 54.6 Å². The minimum absolute atomic E-state index is 0.169. The van der Waals surface area contributed by atoms with Crippen molar-refractivity contribution < 1.29 is 33.6 Å². The Morgan fingerprint density at radius 3 is 2.45 bits per heavy atom. The summed E-state index contributed by atoms with van der Waals surface area (Å²) in [6.45, 7) is 2.95. The van der Waals surface area contributed by atoms with E-state index in [0.717, 1.165) is 5.56 Å². The third kappa shape index (κ3) is 4.62. The molecule has 8 nitrogen and oxygen atoms in total. The number of aliphatic hydroxyl groups is 1. The zero-order valence-electron chi connectivity index (χ0n) is 17.3. The summed E-state index contributed by atoms with van der Waals surface area (Å²) in [6.07, 6.45) is -4.17. The molecule has 2 heterocycles. The summed E-state index contributed by atoms with van der Waals surface area (Å²) >= 11 is 0. The van der Waals surface area contributed by atoms with Gasteiger partial charge in [-0.3, -0.25) is 9.59 Å². The van der Waals surface area contributed by atoms with Gasteiger partial charge in [0.2, 0.25) is 12.2 Å². The Kier molecular flexibility index (Phi) is 6.33. The third-order valence-corrected chi connectivity index (χ3v) is 5.32. The van der Waals surface area contributed by atoms with E-state index in [1.54, 1.807) is 24.3 Å². The van der Waals surface area contributed by atoms with E-state index in [4.69, 9.17) is 18.9 Å². The van der Waals surface area contributed by atoms with Crippen LogP contribution in [0, 0.1) is 0 Å². The Balaban J connectivity index is 1.57. The van der Waals surface area contributed by atoms with E-state index in [1.165, 1.54) is 13.8 Å². The first kappa shape index (κ1) is 21.5. The van der Waals surface area contributed by atoms with E-state index in [9.17, 15) is 14.7 Å². The first-order valence-electron chi connectivity index (χ1n) is 10.1. The average molecular weight is 427 g/mol. The summed E-state index contributed by atoms with van der Waals surface area (Å²) in [5.41, 5.74) is 1.20. The van der Waals surface area contributed by atoms with E-state index >= 15 is 0 Å². The normalized spacial score (nSPS) is 30.2. The molecule has 6 atom stereocenters. The first-order valence-corrected chi connectivity index (χ1v) is 10.1. The van der Waals surface area contributed by atoms with Crippen LogP contribution in [0.1, 0.15) is 36.1 Å². The predicted molar refractivity (Wildman–Crippen MR) is 109 cm³/mol. The molecule has 2 aromatic rings. The van der Waals surface area contributed by atoms with Gasteiger partial charge in [-0.1, -0.05) is 42.5 Å². The molecule has 8 heteroatoms. The number of carbonyl (C=O) groups is 2. The highest BCUT2D eigenvalue weighted by Gasteiger charge is 2.50.